The lowest BCUT2D eigenvalue weighted by molar-refractivity contribution is 0.0542. The number of aromatic nitrogens is 2. The molecule has 1 aromatic heterocycles. The van der Waals surface area contributed by atoms with Gasteiger partial charge >= 0.3 is 6.03 Å². The van der Waals surface area contributed by atoms with Crippen molar-refractivity contribution < 1.29 is 9.53 Å². The molecule has 0 aliphatic carbocycles. The fraction of sp³-hybridized carbons (Fsp3) is 0.688. The van der Waals surface area contributed by atoms with Crippen LogP contribution in [0.5, 0.6) is 0 Å². The minimum Gasteiger partial charge on any atom is -0.376 e. The van der Waals surface area contributed by atoms with Gasteiger partial charge in [0.15, 0.2) is 0 Å². The molecule has 122 valence electrons. The van der Waals surface area contributed by atoms with Crippen LogP contribution in [0, 0.1) is 12.8 Å². The van der Waals surface area contributed by atoms with Crippen LogP contribution in [0.25, 0.3) is 0 Å². The number of aryl methyl sites for hydroxylation is 1. The van der Waals surface area contributed by atoms with Gasteiger partial charge in [0.25, 0.3) is 0 Å². The first-order valence-electron chi connectivity index (χ1n) is 7.97. The van der Waals surface area contributed by atoms with Gasteiger partial charge in [0.05, 0.1) is 18.3 Å². The zero-order chi connectivity index (χ0) is 15.9. The summed E-state index contributed by atoms with van der Waals surface area (Å²) in [4.78, 5) is 22.3. The minimum atomic E-state index is -0.0498. The number of hydrogen-bond acceptors (Lipinski definition) is 4. The summed E-state index contributed by atoms with van der Waals surface area (Å²) in [6, 6.07) is 1.76. The minimum absolute atomic E-state index is 0.0498. The monoisotopic (exact) mass is 306 g/mol. The molecule has 0 radical (unpaired) electrons. The lowest BCUT2D eigenvalue weighted by Crippen LogP contribution is -2.39. The molecule has 1 saturated heterocycles. The van der Waals surface area contributed by atoms with E-state index in [1.54, 1.807) is 6.20 Å². The third-order valence-electron chi connectivity index (χ3n) is 3.74. The molecule has 22 heavy (non-hydrogen) atoms. The number of likely N-dealkylation sites (tertiary alicyclic amines) is 1. The van der Waals surface area contributed by atoms with Crippen LogP contribution in [0.1, 0.15) is 38.2 Å². The summed E-state index contributed by atoms with van der Waals surface area (Å²) >= 11 is 0. The van der Waals surface area contributed by atoms with Crippen LogP contribution >= 0.6 is 0 Å². The maximum Gasteiger partial charge on any atom is 0.317 e. The lowest BCUT2D eigenvalue weighted by Gasteiger charge is -2.17. The van der Waals surface area contributed by atoms with Gasteiger partial charge in [-0.3, -0.25) is 0 Å². The van der Waals surface area contributed by atoms with E-state index in [9.17, 15) is 4.79 Å². The second-order valence-corrected chi connectivity index (χ2v) is 6.16. The van der Waals surface area contributed by atoms with Crippen LogP contribution in [0.3, 0.4) is 0 Å². The van der Waals surface area contributed by atoms with E-state index >= 15 is 0 Å². The second kappa shape index (κ2) is 8.08. The van der Waals surface area contributed by atoms with Gasteiger partial charge in [-0.05, 0) is 31.7 Å². The molecular formula is C16H26N4O2. The molecule has 1 N–H and O–H groups in total. The fourth-order valence-corrected chi connectivity index (χ4v) is 2.40. The van der Waals surface area contributed by atoms with Crippen LogP contribution in [-0.4, -0.2) is 46.7 Å². The van der Waals surface area contributed by atoms with E-state index in [1.807, 2.05) is 17.9 Å². The van der Waals surface area contributed by atoms with Crippen molar-refractivity contribution in [3.05, 3.63) is 23.8 Å². The second-order valence-electron chi connectivity index (χ2n) is 6.16. The first-order chi connectivity index (χ1) is 10.5. The molecular weight excluding hydrogens is 280 g/mol. The van der Waals surface area contributed by atoms with Crippen molar-refractivity contribution in [2.45, 2.75) is 46.3 Å². The summed E-state index contributed by atoms with van der Waals surface area (Å²) in [7, 11) is 0. The topological polar surface area (TPSA) is 67.4 Å². The Labute approximate surface area is 132 Å². The first-order valence-corrected chi connectivity index (χ1v) is 7.97. The summed E-state index contributed by atoms with van der Waals surface area (Å²) in [6.07, 6.45) is 3.86. The van der Waals surface area contributed by atoms with Crippen molar-refractivity contribution in [2.24, 2.45) is 5.92 Å². The molecule has 2 amide bonds. The van der Waals surface area contributed by atoms with E-state index in [-0.39, 0.29) is 12.1 Å². The number of carbonyl (C=O) groups excluding carboxylic acids is 1. The highest BCUT2D eigenvalue weighted by Crippen LogP contribution is 2.14. The quantitative estimate of drug-likeness (QED) is 0.874. The van der Waals surface area contributed by atoms with Crippen LogP contribution in [0.4, 0.5) is 4.79 Å². The Morgan fingerprint density at radius 3 is 3.09 bits per heavy atom. The average molecular weight is 306 g/mol. The van der Waals surface area contributed by atoms with Gasteiger partial charge in [0, 0.05) is 25.9 Å². The van der Waals surface area contributed by atoms with Crippen LogP contribution in [-0.2, 0) is 11.3 Å². The molecule has 1 aliphatic heterocycles. The Bertz CT molecular complexity index is 493. The predicted octanol–water partition coefficient (Wildman–Crippen LogP) is 2.13. The molecule has 1 aliphatic rings. The number of amides is 2. The van der Waals surface area contributed by atoms with Crippen molar-refractivity contribution in [3.63, 3.8) is 0 Å². The molecule has 2 rings (SSSR count). The summed E-state index contributed by atoms with van der Waals surface area (Å²) < 4.78 is 5.83. The maximum absolute atomic E-state index is 12.1. The van der Waals surface area contributed by atoms with Gasteiger partial charge in [-0.15, -0.1) is 0 Å². The van der Waals surface area contributed by atoms with Crippen molar-refractivity contribution in [2.75, 3.05) is 19.7 Å². The van der Waals surface area contributed by atoms with Gasteiger partial charge in [-0.1, -0.05) is 13.8 Å². The molecule has 0 spiro atoms. The normalized spacial score (nSPS) is 18.0. The van der Waals surface area contributed by atoms with Crippen molar-refractivity contribution >= 4 is 6.03 Å². The van der Waals surface area contributed by atoms with E-state index < -0.39 is 0 Å². The SMILES string of the molecule is Cc1nccc(CNC(=O)N2CC[C@@H](OCCC(C)C)C2)n1. The molecule has 2 heterocycles. The van der Waals surface area contributed by atoms with Crippen molar-refractivity contribution in [1.29, 1.82) is 0 Å². The summed E-state index contributed by atoms with van der Waals surface area (Å²) in [6.45, 7) is 8.84. The van der Waals surface area contributed by atoms with E-state index in [0.29, 0.717) is 24.8 Å². The van der Waals surface area contributed by atoms with Gasteiger partial charge in [0.1, 0.15) is 5.82 Å². The molecule has 1 atom stereocenters. The number of ether oxygens (including phenoxy) is 1. The average Bonchev–Trinajstić information content (AvgIpc) is 2.93. The number of urea groups is 1. The molecule has 0 saturated carbocycles. The van der Waals surface area contributed by atoms with E-state index in [4.69, 9.17) is 4.74 Å². The number of carbonyl (C=O) groups is 1. The highest BCUT2D eigenvalue weighted by molar-refractivity contribution is 5.74. The molecule has 1 fully saturated rings. The summed E-state index contributed by atoms with van der Waals surface area (Å²) in [5.41, 5.74) is 0.824. The Kier molecular flexibility index (Phi) is 6.12. The van der Waals surface area contributed by atoms with Gasteiger partial charge in [-0.2, -0.15) is 0 Å². The number of hydrogen-bond donors (Lipinski definition) is 1. The van der Waals surface area contributed by atoms with E-state index in [1.165, 1.54) is 0 Å². The molecule has 0 bridgehead atoms. The van der Waals surface area contributed by atoms with E-state index in [2.05, 4.69) is 29.1 Å². The zero-order valence-corrected chi connectivity index (χ0v) is 13.7. The molecule has 1 aromatic rings. The third kappa shape index (κ3) is 5.26. The third-order valence-corrected chi connectivity index (χ3v) is 3.74. The van der Waals surface area contributed by atoms with Gasteiger partial charge < -0.3 is 15.0 Å². The Balaban J connectivity index is 1.70. The van der Waals surface area contributed by atoms with Crippen LogP contribution in [0.15, 0.2) is 12.3 Å². The summed E-state index contributed by atoms with van der Waals surface area (Å²) in [5.74, 6) is 1.36. The first kappa shape index (κ1) is 16.7. The van der Waals surface area contributed by atoms with Crippen LogP contribution in [0.2, 0.25) is 0 Å². The number of nitrogens with zero attached hydrogens (tertiary/aromatic N) is 3. The van der Waals surface area contributed by atoms with Gasteiger partial charge in [-0.25, -0.2) is 14.8 Å². The highest BCUT2D eigenvalue weighted by atomic mass is 16.5. The molecule has 0 aromatic carbocycles. The molecule has 6 nitrogen and oxygen atoms in total. The van der Waals surface area contributed by atoms with Gasteiger partial charge in [0.2, 0.25) is 0 Å². The predicted molar refractivity (Wildman–Crippen MR) is 84.4 cm³/mol. The maximum atomic E-state index is 12.1. The van der Waals surface area contributed by atoms with Crippen LogP contribution < -0.4 is 5.32 Å². The smallest absolute Gasteiger partial charge is 0.317 e. The van der Waals surface area contributed by atoms with Crippen molar-refractivity contribution in [1.82, 2.24) is 20.2 Å². The molecule has 6 heteroatoms. The Morgan fingerprint density at radius 2 is 2.36 bits per heavy atom. The standard InChI is InChI=1S/C16H26N4O2/c1-12(2)6-9-22-15-5-8-20(11-15)16(21)18-10-14-4-7-17-13(3)19-14/h4,7,12,15H,5-6,8-11H2,1-3H3,(H,18,21)/t15-/m1/s1. The Morgan fingerprint density at radius 1 is 1.55 bits per heavy atom. The van der Waals surface area contributed by atoms with E-state index in [0.717, 1.165) is 31.7 Å². The zero-order valence-electron chi connectivity index (χ0n) is 13.7. The molecule has 0 unspecified atom stereocenters. The summed E-state index contributed by atoms with van der Waals surface area (Å²) in [5, 5.41) is 2.90. The van der Waals surface area contributed by atoms with Crippen molar-refractivity contribution in [3.8, 4) is 0 Å². The Hall–Kier alpha value is -1.69. The number of rotatable bonds is 6. The lowest BCUT2D eigenvalue weighted by atomic mass is 10.1. The highest BCUT2D eigenvalue weighted by Gasteiger charge is 2.26. The largest absolute Gasteiger partial charge is 0.376 e. The number of nitrogens with one attached hydrogen (secondary N) is 1. The fourth-order valence-electron chi connectivity index (χ4n) is 2.40.